The number of hydrogen-bond donors (Lipinski definition) is 3. The normalized spacial score (nSPS) is 14.0. The molecule has 1 aliphatic heterocycles. The number of thioether (sulfide) groups is 1. The van der Waals surface area contributed by atoms with Crippen LogP contribution in [0.2, 0.25) is 0 Å². The second-order valence-corrected chi connectivity index (χ2v) is 5.77. The fraction of sp³-hybridized carbons (Fsp3) is 0.357. The highest BCUT2D eigenvalue weighted by molar-refractivity contribution is 8.13. The largest absolute Gasteiger partial charge is 0.508 e. The fourth-order valence-electron chi connectivity index (χ4n) is 1.88. The highest BCUT2D eigenvalue weighted by Crippen LogP contribution is 2.17. The standard InChI is InChI=1S/C14H17N3O4S/c18-11-3-1-10(2-4-11)16-13(20)9-15-12(19)5-6-17-7-8-22-14(17)21/h1-4,18H,5-9H2,(H,15,19)(H,16,20). The second-order valence-electron chi connectivity index (χ2n) is 4.72. The summed E-state index contributed by atoms with van der Waals surface area (Å²) in [6, 6.07) is 6.04. The number of aromatic hydroxyl groups is 1. The van der Waals surface area contributed by atoms with Crippen LogP contribution >= 0.6 is 11.8 Å². The molecule has 0 spiro atoms. The lowest BCUT2D eigenvalue weighted by atomic mass is 10.3. The van der Waals surface area contributed by atoms with Gasteiger partial charge in [0.25, 0.3) is 5.24 Å². The zero-order chi connectivity index (χ0) is 15.9. The van der Waals surface area contributed by atoms with E-state index in [2.05, 4.69) is 10.6 Å². The van der Waals surface area contributed by atoms with Crippen LogP contribution < -0.4 is 10.6 Å². The molecular formula is C14H17N3O4S. The highest BCUT2D eigenvalue weighted by atomic mass is 32.2. The van der Waals surface area contributed by atoms with Crippen molar-refractivity contribution in [2.45, 2.75) is 6.42 Å². The maximum atomic E-state index is 11.7. The summed E-state index contributed by atoms with van der Waals surface area (Å²) in [5.74, 6) is 0.244. The summed E-state index contributed by atoms with van der Waals surface area (Å²) in [4.78, 5) is 36.3. The van der Waals surface area contributed by atoms with Crippen molar-refractivity contribution in [3.63, 3.8) is 0 Å². The number of carbonyl (C=O) groups excluding carboxylic acids is 3. The molecule has 1 fully saturated rings. The number of hydrogen-bond acceptors (Lipinski definition) is 5. The minimum atomic E-state index is -0.355. The van der Waals surface area contributed by atoms with E-state index in [1.807, 2.05) is 0 Å². The number of phenols is 1. The number of anilines is 1. The smallest absolute Gasteiger partial charge is 0.281 e. The number of phenolic OH excluding ortho intramolecular Hbond substituents is 1. The van der Waals surface area contributed by atoms with Crippen molar-refractivity contribution in [2.24, 2.45) is 0 Å². The highest BCUT2D eigenvalue weighted by Gasteiger charge is 2.21. The molecule has 1 aromatic rings. The third-order valence-corrected chi connectivity index (χ3v) is 3.94. The van der Waals surface area contributed by atoms with E-state index in [1.54, 1.807) is 17.0 Å². The van der Waals surface area contributed by atoms with Gasteiger partial charge in [-0.2, -0.15) is 0 Å². The molecule has 0 atom stereocenters. The van der Waals surface area contributed by atoms with Crippen molar-refractivity contribution in [3.05, 3.63) is 24.3 Å². The predicted molar refractivity (Wildman–Crippen MR) is 83.8 cm³/mol. The summed E-state index contributed by atoms with van der Waals surface area (Å²) < 4.78 is 0. The number of amides is 3. The molecule has 22 heavy (non-hydrogen) atoms. The van der Waals surface area contributed by atoms with Crippen LogP contribution in [0, 0.1) is 0 Å². The van der Waals surface area contributed by atoms with Crippen molar-refractivity contribution < 1.29 is 19.5 Å². The molecular weight excluding hydrogens is 306 g/mol. The van der Waals surface area contributed by atoms with Crippen molar-refractivity contribution in [2.75, 3.05) is 30.7 Å². The van der Waals surface area contributed by atoms with Crippen LogP contribution in [0.25, 0.3) is 0 Å². The molecule has 0 bridgehead atoms. The molecule has 0 aromatic heterocycles. The summed E-state index contributed by atoms with van der Waals surface area (Å²) in [7, 11) is 0. The molecule has 3 N–H and O–H groups in total. The Morgan fingerprint density at radius 3 is 2.59 bits per heavy atom. The Morgan fingerprint density at radius 1 is 1.23 bits per heavy atom. The molecule has 0 radical (unpaired) electrons. The SMILES string of the molecule is O=C(CCN1CCSC1=O)NCC(=O)Nc1ccc(O)cc1. The first kappa shape index (κ1) is 16.2. The van der Waals surface area contributed by atoms with Crippen LogP contribution in [0.4, 0.5) is 10.5 Å². The average Bonchev–Trinajstić information content (AvgIpc) is 2.91. The summed E-state index contributed by atoms with van der Waals surface area (Å²) in [6.07, 6.45) is 0.179. The van der Waals surface area contributed by atoms with Crippen molar-refractivity contribution in [1.29, 1.82) is 0 Å². The van der Waals surface area contributed by atoms with E-state index in [0.717, 1.165) is 5.75 Å². The third kappa shape index (κ3) is 4.96. The van der Waals surface area contributed by atoms with Crippen LogP contribution in [0.3, 0.4) is 0 Å². The molecule has 7 nitrogen and oxygen atoms in total. The second kappa shape index (κ2) is 7.69. The van der Waals surface area contributed by atoms with Gasteiger partial charge in [-0.25, -0.2) is 0 Å². The van der Waals surface area contributed by atoms with Gasteiger partial charge in [0, 0.05) is 31.0 Å². The van der Waals surface area contributed by atoms with Gasteiger partial charge >= 0.3 is 0 Å². The lowest BCUT2D eigenvalue weighted by Gasteiger charge is -2.13. The zero-order valence-corrected chi connectivity index (χ0v) is 12.7. The number of nitrogens with one attached hydrogen (secondary N) is 2. The molecule has 1 heterocycles. The number of nitrogens with zero attached hydrogens (tertiary/aromatic N) is 1. The molecule has 0 saturated carbocycles. The van der Waals surface area contributed by atoms with Gasteiger partial charge in [0.2, 0.25) is 11.8 Å². The van der Waals surface area contributed by atoms with Crippen LogP contribution in [0.5, 0.6) is 5.75 Å². The van der Waals surface area contributed by atoms with Gasteiger partial charge in [0.05, 0.1) is 6.54 Å². The third-order valence-electron chi connectivity index (χ3n) is 3.05. The van der Waals surface area contributed by atoms with Gasteiger partial charge in [-0.3, -0.25) is 14.4 Å². The van der Waals surface area contributed by atoms with Crippen molar-refractivity contribution >= 4 is 34.5 Å². The predicted octanol–water partition coefficient (Wildman–Crippen LogP) is 1.01. The summed E-state index contributed by atoms with van der Waals surface area (Å²) >= 11 is 1.25. The van der Waals surface area contributed by atoms with Crippen LogP contribution in [0.1, 0.15) is 6.42 Å². The minimum absolute atomic E-state index is 0.00197. The minimum Gasteiger partial charge on any atom is -0.508 e. The van der Waals surface area contributed by atoms with Gasteiger partial charge < -0.3 is 20.6 Å². The van der Waals surface area contributed by atoms with E-state index < -0.39 is 0 Å². The first-order valence-electron chi connectivity index (χ1n) is 6.82. The summed E-state index contributed by atoms with van der Waals surface area (Å²) in [5, 5.41) is 14.2. The Kier molecular flexibility index (Phi) is 5.65. The van der Waals surface area contributed by atoms with Crippen molar-refractivity contribution in [3.8, 4) is 5.75 Å². The van der Waals surface area contributed by atoms with Crippen LogP contribution in [0.15, 0.2) is 24.3 Å². The number of carbonyl (C=O) groups is 3. The molecule has 1 aromatic carbocycles. The first-order valence-corrected chi connectivity index (χ1v) is 7.80. The van der Waals surface area contributed by atoms with Crippen LogP contribution in [-0.2, 0) is 9.59 Å². The average molecular weight is 323 g/mol. The van der Waals surface area contributed by atoms with E-state index in [4.69, 9.17) is 5.11 Å². The maximum Gasteiger partial charge on any atom is 0.281 e. The molecule has 0 aliphatic carbocycles. The summed E-state index contributed by atoms with van der Waals surface area (Å²) in [6.45, 7) is 0.901. The van der Waals surface area contributed by atoms with E-state index in [0.29, 0.717) is 18.8 Å². The lowest BCUT2D eigenvalue weighted by Crippen LogP contribution is -2.35. The van der Waals surface area contributed by atoms with E-state index in [1.165, 1.54) is 23.9 Å². The Hall–Kier alpha value is -2.22. The topological polar surface area (TPSA) is 98.7 Å². The monoisotopic (exact) mass is 323 g/mol. The van der Waals surface area contributed by atoms with Gasteiger partial charge in [-0.1, -0.05) is 11.8 Å². The fourth-order valence-corrected chi connectivity index (χ4v) is 2.73. The van der Waals surface area contributed by atoms with E-state index >= 15 is 0 Å². The van der Waals surface area contributed by atoms with Crippen molar-refractivity contribution in [1.82, 2.24) is 10.2 Å². The summed E-state index contributed by atoms with van der Waals surface area (Å²) in [5.41, 5.74) is 0.539. The first-order chi connectivity index (χ1) is 10.5. The van der Waals surface area contributed by atoms with Gasteiger partial charge in [0.1, 0.15) is 5.75 Å². The Balaban J connectivity index is 1.66. The van der Waals surface area contributed by atoms with E-state index in [-0.39, 0.29) is 35.8 Å². The molecule has 3 amide bonds. The quantitative estimate of drug-likeness (QED) is 0.679. The van der Waals surface area contributed by atoms with Gasteiger partial charge in [-0.05, 0) is 24.3 Å². The molecule has 1 aliphatic rings. The lowest BCUT2D eigenvalue weighted by molar-refractivity contribution is -0.124. The molecule has 8 heteroatoms. The molecule has 0 unspecified atom stereocenters. The Labute approximate surface area is 132 Å². The number of benzene rings is 1. The van der Waals surface area contributed by atoms with Gasteiger partial charge in [-0.15, -0.1) is 0 Å². The molecule has 1 saturated heterocycles. The van der Waals surface area contributed by atoms with Crippen LogP contribution in [-0.4, -0.2) is 52.4 Å². The zero-order valence-electron chi connectivity index (χ0n) is 11.9. The molecule has 118 valence electrons. The van der Waals surface area contributed by atoms with E-state index in [9.17, 15) is 14.4 Å². The Bertz CT molecular complexity index is 562. The maximum absolute atomic E-state index is 11.7. The van der Waals surface area contributed by atoms with Gasteiger partial charge in [0.15, 0.2) is 0 Å². The Morgan fingerprint density at radius 2 is 1.95 bits per heavy atom. The molecule has 2 rings (SSSR count). The number of rotatable bonds is 6.